The Morgan fingerprint density at radius 3 is 2.94 bits per heavy atom. The molecule has 9 heteroatoms. The number of fused-ring (bicyclic) bond motifs is 1. The summed E-state index contributed by atoms with van der Waals surface area (Å²) in [6.07, 6.45) is 7.54. The Bertz CT molecular complexity index is 1320. The number of aromatic nitrogens is 3. The summed E-state index contributed by atoms with van der Waals surface area (Å²) < 4.78 is 6.15. The molecule has 1 aliphatic heterocycles. The van der Waals surface area contributed by atoms with E-state index in [9.17, 15) is 4.79 Å². The molecule has 1 fully saturated rings. The number of Topliss-reactive ketones (excluding diaryl/α,β-unsaturated/α-hetero) is 1. The third-order valence-corrected chi connectivity index (χ3v) is 7.14. The van der Waals surface area contributed by atoms with Crippen LogP contribution in [0.15, 0.2) is 35.2 Å². The number of piperidine rings is 1. The van der Waals surface area contributed by atoms with Gasteiger partial charge in [-0.1, -0.05) is 5.16 Å². The van der Waals surface area contributed by atoms with Crippen molar-refractivity contribution in [3.8, 4) is 11.1 Å². The summed E-state index contributed by atoms with van der Waals surface area (Å²) in [6, 6.07) is 4.10. The average Bonchev–Trinajstić information content (AvgIpc) is 3.31. The van der Waals surface area contributed by atoms with Gasteiger partial charge >= 0.3 is 0 Å². The quantitative estimate of drug-likeness (QED) is 0.428. The van der Waals surface area contributed by atoms with Crippen LogP contribution < -0.4 is 16.4 Å². The van der Waals surface area contributed by atoms with Gasteiger partial charge in [-0.15, -0.1) is 11.3 Å². The summed E-state index contributed by atoms with van der Waals surface area (Å²) >= 11 is 1.37. The number of aryl methyl sites for hydroxylation is 2. The topological polar surface area (TPSA) is 124 Å². The number of thiophene rings is 1. The van der Waals surface area contributed by atoms with E-state index in [0.29, 0.717) is 16.1 Å². The summed E-state index contributed by atoms with van der Waals surface area (Å²) in [5.41, 5.74) is 18.1. The molecule has 0 aromatic carbocycles. The van der Waals surface area contributed by atoms with Gasteiger partial charge in [-0.2, -0.15) is 0 Å². The molecular weight excluding hydrogens is 436 g/mol. The fraction of sp³-hybridized carbons (Fsp3) is 0.333. The van der Waals surface area contributed by atoms with Crippen LogP contribution in [0, 0.1) is 13.8 Å². The molecule has 1 atom stereocenters. The zero-order valence-corrected chi connectivity index (χ0v) is 19.5. The van der Waals surface area contributed by atoms with Crippen molar-refractivity contribution >= 4 is 38.0 Å². The number of nitrogen functional groups attached to an aromatic ring is 1. The fourth-order valence-electron chi connectivity index (χ4n) is 4.65. The predicted molar refractivity (Wildman–Crippen MR) is 131 cm³/mol. The van der Waals surface area contributed by atoms with Gasteiger partial charge in [-0.3, -0.25) is 14.8 Å². The number of hydrogen-bond acceptors (Lipinski definition) is 9. The Labute approximate surface area is 195 Å². The number of carbonyl (C=O) groups excluding carboxylic acids is 1. The van der Waals surface area contributed by atoms with E-state index in [1.165, 1.54) is 11.3 Å². The molecule has 0 radical (unpaired) electrons. The fourth-order valence-corrected chi connectivity index (χ4v) is 5.64. The first-order valence-corrected chi connectivity index (χ1v) is 11.8. The third-order valence-electron chi connectivity index (χ3n) is 6.18. The van der Waals surface area contributed by atoms with Crippen LogP contribution in [0.5, 0.6) is 0 Å². The molecule has 0 spiro atoms. The molecular formula is C24H26N6O2S. The lowest BCUT2D eigenvalue weighted by Crippen LogP contribution is -2.43. The third kappa shape index (κ3) is 3.98. The smallest absolute Gasteiger partial charge is 0.172 e. The second-order valence-electron chi connectivity index (χ2n) is 8.56. The highest BCUT2D eigenvalue weighted by atomic mass is 32.1. The molecule has 33 heavy (non-hydrogen) atoms. The summed E-state index contributed by atoms with van der Waals surface area (Å²) in [5.74, 6) is 0.669. The standard InChI is InChI=1S/C24H26N6O2S/c1-13-21(14(2)32-29-13)16-9-20-23(28-11-16)22(24(26)33-20)19(31)8-15-10-27-6-5-18(15)30-7-3-4-17(25)12-30/h5-6,9-11,17H,3-4,7-8,12,25-26H2,1-2H3/t17-/m0/s1. The number of rotatable bonds is 5. The van der Waals surface area contributed by atoms with E-state index in [1.54, 1.807) is 18.6 Å². The molecule has 1 aliphatic rings. The van der Waals surface area contributed by atoms with Crippen molar-refractivity contribution in [1.82, 2.24) is 15.1 Å². The summed E-state index contributed by atoms with van der Waals surface area (Å²) in [4.78, 5) is 24.6. The minimum Gasteiger partial charge on any atom is -0.390 e. The molecule has 0 amide bonds. The number of ketones is 1. The average molecular weight is 463 g/mol. The van der Waals surface area contributed by atoms with Crippen molar-refractivity contribution in [3.05, 3.63) is 53.3 Å². The Morgan fingerprint density at radius 1 is 1.33 bits per heavy atom. The molecule has 4 aromatic rings. The number of nitrogens with two attached hydrogens (primary N) is 2. The van der Waals surface area contributed by atoms with Crippen molar-refractivity contribution < 1.29 is 9.32 Å². The Kier molecular flexibility index (Phi) is 5.59. The minimum absolute atomic E-state index is 0.0631. The van der Waals surface area contributed by atoms with Gasteiger partial charge in [0.1, 0.15) is 5.76 Å². The van der Waals surface area contributed by atoms with Gasteiger partial charge in [-0.05, 0) is 38.8 Å². The highest BCUT2D eigenvalue weighted by molar-refractivity contribution is 7.23. The second-order valence-corrected chi connectivity index (χ2v) is 9.65. The summed E-state index contributed by atoms with van der Waals surface area (Å²) in [7, 11) is 0. The lowest BCUT2D eigenvalue weighted by Gasteiger charge is -2.33. The van der Waals surface area contributed by atoms with E-state index in [4.69, 9.17) is 16.0 Å². The number of nitrogens with zero attached hydrogens (tertiary/aromatic N) is 4. The second kappa shape index (κ2) is 8.57. The number of carbonyl (C=O) groups is 1. The van der Waals surface area contributed by atoms with Gasteiger partial charge in [0.15, 0.2) is 5.78 Å². The van der Waals surface area contributed by atoms with E-state index in [2.05, 4.69) is 20.0 Å². The van der Waals surface area contributed by atoms with Gasteiger partial charge in [0, 0.05) is 66.5 Å². The van der Waals surface area contributed by atoms with Gasteiger partial charge < -0.3 is 20.9 Å². The normalized spacial score (nSPS) is 16.5. The summed E-state index contributed by atoms with van der Waals surface area (Å²) in [5, 5.41) is 4.50. The van der Waals surface area contributed by atoms with Crippen molar-refractivity contribution in [1.29, 1.82) is 0 Å². The van der Waals surface area contributed by atoms with Crippen LogP contribution in [0.25, 0.3) is 21.3 Å². The Balaban J connectivity index is 1.47. The van der Waals surface area contributed by atoms with E-state index < -0.39 is 0 Å². The first kappa shape index (κ1) is 21.5. The first-order valence-electron chi connectivity index (χ1n) is 11.0. The highest BCUT2D eigenvalue weighted by Gasteiger charge is 2.24. The van der Waals surface area contributed by atoms with Crippen molar-refractivity contribution in [2.24, 2.45) is 5.73 Å². The SMILES string of the molecule is Cc1noc(C)c1-c1cnc2c(C(=O)Cc3cnccc3N3CCC[C@H](N)C3)c(N)sc2c1. The van der Waals surface area contributed by atoms with Gasteiger partial charge in [0.2, 0.25) is 0 Å². The molecule has 170 valence electrons. The van der Waals surface area contributed by atoms with Gasteiger partial charge in [0.05, 0.1) is 26.5 Å². The van der Waals surface area contributed by atoms with Crippen LogP contribution in [-0.2, 0) is 6.42 Å². The molecule has 0 aliphatic carbocycles. The molecule has 5 heterocycles. The Morgan fingerprint density at radius 2 is 2.18 bits per heavy atom. The lowest BCUT2D eigenvalue weighted by molar-refractivity contribution is 0.0995. The van der Waals surface area contributed by atoms with Crippen LogP contribution >= 0.6 is 11.3 Å². The maximum Gasteiger partial charge on any atom is 0.172 e. The molecule has 4 N–H and O–H groups in total. The van der Waals surface area contributed by atoms with Gasteiger partial charge in [-0.25, -0.2) is 0 Å². The zero-order valence-electron chi connectivity index (χ0n) is 18.7. The molecule has 8 nitrogen and oxygen atoms in total. The molecule has 5 rings (SSSR count). The van der Waals surface area contributed by atoms with Crippen LogP contribution in [0.1, 0.15) is 40.2 Å². The van der Waals surface area contributed by atoms with E-state index in [-0.39, 0.29) is 18.2 Å². The maximum atomic E-state index is 13.4. The van der Waals surface area contributed by atoms with E-state index in [1.807, 2.05) is 26.0 Å². The Hall–Kier alpha value is -3.30. The molecule has 0 bridgehead atoms. The molecule has 4 aromatic heterocycles. The van der Waals surface area contributed by atoms with Crippen LogP contribution in [0.2, 0.25) is 0 Å². The zero-order chi connectivity index (χ0) is 23.1. The minimum atomic E-state index is -0.0631. The maximum absolute atomic E-state index is 13.4. The van der Waals surface area contributed by atoms with Crippen LogP contribution in [0.3, 0.4) is 0 Å². The largest absolute Gasteiger partial charge is 0.390 e. The molecule has 0 unspecified atom stereocenters. The predicted octanol–water partition coefficient (Wildman–Crippen LogP) is 3.90. The van der Waals surface area contributed by atoms with Crippen LogP contribution in [-0.4, -0.2) is 40.0 Å². The highest BCUT2D eigenvalue weighted by Crippen LogP contribution is 2.37. The number of anilines is 2. The molecule has 0 saturated carbocycles. The molecule has 1 saturated heterocycles. The number of pyridine rings is 2. The van der Waals surface area contributed by atoms with Crippen molar-refractivity contribution in [3.63, 3.8) is 0 Å². The van der Waals surface area contributed by atoms with Crippen LogP contribution in [0.4, 0.5) is 10.7 Å². The first-order chi connectivity index (χ1) is 15.9. The lowest BCUT2D eigenvalue weighted by atomic mass is 10.0. The number of hydrogen-bond donors (Lipinski definition) is 2. The van der Waals surface area contributed by atoms with Gasteiger partial charge in [0.25, 0.3) is 0 Å². The van der Waals surface area contributed by atoms with Crippen molar-refractivity contribution in [2.75, 3.05) is 23.7 Å². The van der Waals surface area contributed by atoms with Crippen molar-refractivity contribution in [2.45, 2.75) is 39.2 Å². The summed E-state index contributed by atoms with van der Waals surface area (Å²) in [6.45, 7) is 5.47. The van der Waals surface area contributed by atoms with E-state index in [0.717, 1.165) is 64.5 Å². The van der Waals surface area contributed by atoms with E-state index >= 15 is 0 Å². The monoisotopic (exact) mass is 462 g/mol.